The van der Waals surface area contributed by atoms with Crippen LogP contribution in [-0.4, -0.2) is 26.6 Å². The Morgan fingerprint density at radius 1 is 1.19 bits per heavy atom. The van der Waals surface area contributed by atoms with Crippen LogP contribution < -0.4 is 10.3 Å². The molecule has 1 aromatic carbocycles. The lowest BCUT2D eigenvalue weighted by Crippen LogP contribution is -2.23. The van der Waals surface area contributed by atoms with Gasteiger partial charge in [-0.2, -0.15) is 0 Å². The zero-order valence-electron chi connectivity index (χ0n) is 13.9. The van der Waals surface area contributed by atoms with E-state index >= 15 is 0 Å². The molecule has 3 heterocycles. The first-order valence-corrected chi connectivity index (χ1v) is 8.77. The van der Waals surface area contributed by atoms with Crippen LogP contribution in [0.3, 0.4) is 0 Å². The van der Waals surface area contributed by atoms with Crippen molar-refractivity contribution in [2.75, 3.05) is 7.11 Å². The maximum Gasteiger partial charge on any atom is 0.262 e. The lowest BCUT2D eigenvalue weighted by atomic mass is 10.1. The molecule has 0 aliphatic heterocycles. The van der Waals surface area contributed by atoms with Gasteiger partial charge in [-0.05, 0) is 40.2 Å². The third-order valence-corrected chi connectivity index (χ3v) is 4.79. The average molecular weight is 411 g/mol. The van der Waals surface area contributed by atoms with E-state index in [1.807, 2.05) is 36.4 Å². The summed E-state index contributed by atoms with van der Waals surface area (Å²) in [5.41, 5.74) is 1.95. The van der Waals surface area contributed by atoms with Crippen LogP contribution in [-0.2, 0) is 6.54 Å². The highest BCUT2D eigenvalue weighted by atomic mass is 79.9. The largest absolute Gasteiger partial charge is 0.495 e. The molecule has 0 unspecified atom stereocenters. The molecule has 0 amide bonds. The van der Waals surface area contributed by atoms with Crippen molar-refractivity contribution < 1.29 is 4.74 Å². The highest BCUT2D eigenvalue weighted by Gasteiger charge is 2.15. The lowest BCUT2D eigenvalue weighted by molar-refractivity contribution is 0.412. The fraction of sp³-hybridized carbons (Fsp3) is 0.105. The third kappa shape index (κ3) is 2.90. The van der Waals surface area contributed by atoms with Crippen molar-refractivity contribution in [2.24, 2.45) is 0 Å². The van der Waals surface area contributed by atoms with E-state index in [-0.39, 0.29) is 5.56 Å². The maximum atomic E-state index is 13.2. The number of nitrogens with one attached hydrogen (secondary N) is 1. The third-order valence-electron chi connectivity index (χ3n) is 4.17. The van der Waals surface area contributed by atoms with Crippen LogP contribution >= 0.6 is 15.9 Å². The Morgan fingerprint density at radius 3 is 2.77 bits per heavy atom. The summed E-state index contributed by atoms with van der Waals surface area (Å²) in [6.07, 6.45) is 5.05. The first-order valence-electron chi connectivity index (χ1n) is 7.98. The minimum Gasteiger partial charge on any atom is -0.495 e. The molecule has 0 fully saturated rings. The van der Waals surface area contributed by atoms with Gasteiger partial charge in [0.05, 0.1) is 34.9 Å². The van der Waals surface area contributed by atoms with Crippen molar-refractivity contribution in [3.63, 3.8) is 0 Å². The maximum absolute atomic E-state index is 13.2. The molecule has 4 rings (SSSR count). The minimum atomic E-state index is -0.137. The van der Waals surface area contributed by atoms with E-state index in [9.17, 15) is 4.79 Å². The number of fused-ring (bicyclic) bond motifs is 1. The standard InChI is InChI=1S/C19H15BrN4O2/c1-26-17-10-16-12(9-15(17)20)8-14(18-22-6-7-23-18)19(25)24(16)11-13-4-2-3-5-21-13/h2-10H,11H2,1H3,(H,22,23). The fourth-order valence-corrected chi connectivity index (χ4v) is 3.45. The number of hydrogen-bond donors (Lipinski definition) is 1. The summed E-state index contributed by atoms with van der Waals surface area (Å²) in [6.45, 7) is 0.357. The van der Waals surface area contributed by atoms with E-state index in [0.717, 1.165) is 21.1 Å². The van der Waals surface area contributed by atoms with Crippen molar-refractivity contribution in [3.8, 4) is 17.1 Å². The number of ether oxygens (including phenoxy) is 1. The van der Waals surface area contributed by atoms with Gasteiger partial charge in [0.2, 0.25) is 0 Å². The molecule has 0 aliphatic rings. The molecule has 7 heteroatoms. The van der Waals surface area contributed by atoms with E-state index in [4.69, 9.17) is 4.74 Å². The molecule has 0 saturated heterocycles. The van der Waals surface area contributed by atoms with Gasteiger partial charge in [-0.3, -0.25) is 9.78 Å². The number of hydrogen-bond acceptors (Lipinski definition) is 4. The quantitative estimate of drug-likeness (QED) is 0.557. The number of aromatic nitrogens is 4. The van der Waals surface area contributed by atoms with Crippen molar-refractivity contribution in [3.05, 3.63) is 75.5 Å². The van der Waals surface area contributed by atoms with Crippen molar-refractivity contribution in [1.82, 2.24) is 19.5 Å². The summed E-state index contributed by atoms with van der Waals surface area (Å²) < 4.78 is 7.92. The molecule has 0 aliphatic carbocycles. The highest BCUT2D eigenvalue weighted by Crippen LogP contribution is 2.31. The smallest absolute Gasteiger partial charge is 0.262 e. The monoisotopic (exact) mass is 410 g/mol. The number of nitrogens with zero attached hydrogens (tertiary/aromatic N) is 3. The van der Waals surface area contributed by atoms with Crippen LogP contribution in [0.4, 0.5) is 0 Å². The second kappa shape index (κ2) is 6.76. The topological polar surface area (TPSA) is 72.8 Å². The zero-order chi connectivity index (χ0) is 18.1. The number of rotatable bonds is 4. The van der Waals surface area contributed by atoms with Crippen LogP contribution in [0.25, 0.3) is 22.3 Å². The second-order valence-corrected chi connectivity index (χ2v) is 6.61. The highest BCUT2D eigenvalue weighted by molar-refractivity contribution is 9.10. The van der Waals surface area contributed by atoms with Crippen LogP contribution in [0, 0.1) is 0 Å². The molecular formula is C19H15BrN4O2. The van der Waals surface area contributed by atoms with Gasteiger partial charge in [-0.25, -0.2) is 4.98 Å². The Hall–Kier alpha value is -2.93. The molecule has 0 atom stereocenters. The summed E-state index contributed by atoms with van der Waals surface area (Å²) >= 11 is 3.51. The Morgan fingerprint density at radius 2 is 2.08 bits per heavy atom. The Kier molecular flexibility index (Phi) is 4.30. The predicted octanol–water partition coefficient (Wildman–Crippen LogP) is 3.61. The Labute approximate surface area is 157 Å². The zero-order valence-corrected chi connectivity index (χ0v) is 15.5. The summed E-state index contributed by atoms with van der Waals surface area (Å²) in [5, 5.41) is 0.902. The van der Waals surface area contributed by atoms with Gasteiger partial charge < -0.3 is 14.3 Å². The number of methoxy groups -OCH3 is 1. The SMILES string of the molecule is COc1cc2c(cc1Br)cc(-c1ncc[nH]1)c(=O)n2Cc1ccccn1. The van der Waals surface area contributed by atoms with Gasteiger partial charge in [0.1, 0.15) is 11.6 Å². The summed E-state index contributed by atoms with van der Waals surface area (Å²) in [5.74, 6) is 1.20. The molecule has 6 nitrogen and oxygen atoms in total. The van der Waals surface area contributed by atoms with E-state index in [2.05, 4.69) is 30.9 Å². The van der Waals surface area contributed by atoms with E-state index < -0.39 is 0 Å². The predicted molar refractivity (Wildman–Crippen MR) is 103 cm³/mol. The number of imidazole rings is 1. The van der Waals surface area contributed by atoms with E-state index in [1.165, 1.54) is 0 Å². The number of halogens is 1. The van der Waals surface area contributed by atoms with Gasteiger partial charge >= 0.3 is 0 Å². The minimum absolute atomic E-state index is 0.137. The summed E-state index contributed by atoms with van der Waals surface area (Å²) in [4.78, 5) is 24.8. The lowest BCUT2D eigenvalue weighted by Gasteiger charge is -2.14. The van der Waals surface area contributed by atoms with Gasteiger partial charge in [-0.1, -0.05) is 6.07 Å². The van der Waals surface area contributed by atoms with Gasteiger partial charge in [0.25, 0.3) is 5.56 Å². The first-order chi connectivity index (χ1) is 12.7. The van der Waals surface area contributed by atoms with Gasteiger partial charge in [0, 0.05) is 30.0 Å². The van der Waals surface area contributed by atoms with Crippen LogP contribution in [0.1, 0.15) is 5.69 Å². The number of pyridine rings is 2. The molecular weight excluding hydrogens is 396 g/mol. The number of aromatic amines is 1. The molecule has 0 radical (unpaired) electrons. The van der Waals surface area contributed by atoms with Crippen molar-refractivity contribution in [2.45, 2.75) is 6.54 Å². The van der Waals surface area contributed by atoms with Gasteiger partial charge in [-0.15, -0.1) is 0 Å². The normalized spacial score (nSPS) is 11.0. The van der Waals surface area contributed by atoms with Crippen molar-refractivity contribution >= 4 is 26.8 Å². The fourth-order valence-electron chi connectivity index (χ4n) is 2.93. The molecule has 130 valence electrons. The second-order valence-electron chi connectivity index (χ2n) is 5.75. The van der Waals surface area contributed by atoms with Crippen LogP contribution in [0.15, 0.2) is 64.3 Å². The first kappa shape index (κ1) is 16.5. The van der Waals surface area contributed by atoms with E-state index in [0.29, 0.717) is 23.7 Å². The van der Waals surface area contributed by atoms with Crippen LogP contribution in [0.5, 0.6) is 5.75 Å². The average Bonchev–Trinajstić information content (AvgIpc) is 3.19. The molecule has 4 aromatic rings. The molecule has 26 heavy (non-hydrogen) atoms. The Balaban J connectivity index is 2.01. The summed E-state index contributed by atoms with van der Waals surface area (Å²) in [6, 6.07) is 11.3. The molecule has 1 N–H and O–H groups in total. The molecule has 0 saturated carbocycles. The number of benzene rings is 1. The van der Waals surface area contributed by atoms with Crippen LogP contribution in [0.2, 0.25) is 0 Å². The molecule has 0 bridgehead atoms. The molecule has 0 spiro atoms. The Bertz CT molecular complexity index is 1120. The number of H-pyrrole nitrogens is 1. The van der Waals surface area contributed by atoms with E-state index in [1.54, 1.807) is 30.3 Å². The summed E-state index contributed by atoms with van der Waals surface area (Å²) in [7, 11) is 1.60. The van der Waals surface area contributed by atoms with Gasteiger partial charge in [0.15, 0.2) is 0 Å². The molecule has 3 aromatic heterocycles. The van der Waals surface area contributed by atoms with Crippen molar-refractivity contribution in [1.29, 1.82) is 0 Å².